The van der Waals surface area contributed by atoms with E-state index in [0.717, 1.165) is 13.1 Å². The first-order chi connectivity index (χ1) is 7.47. The van der Waals surface area contributed by atoms with Gasteiger partial charge in [0.05, 0.1) is 5.92 Å². The molecule has 0 aromatic rings. The molecule has 0 fully saturated rings. The number of hydrogen-bond donors (Lipinski definition) is 2. The normalized spacial score (nSPS) is 15.2. The smallest absolute Gasteiger partial charge is 0.226 e. The molecule has 0 rings (SSSR count). The van der Waals surface area contributed by atoms with Gasteiger partial charge in [0.25, 0.3) is 0 Å². The fourth-order valence-corrected chi connectivity index (χ4v) is 1.91. The van der Waals surface area contributed by atoms with Gasteiger partial charge >= 0.3 is 0 Å². The van der Waals surface area contributed by atoms with Crippen LogP contribution in [0.25, 0.3) is 0 Å². The molecule has 0 heterocycles. The first-order valence-corrected chi connectivity index (χ1v) is 6.11. The highest BCUT2D eigenvalue weighted by molar-refractivity contribution is 5.78. The van der Waals surface area contributed by atoms with E-state index < -0.39 is 6.23 Å². The topological polar surface area (TPSA) is 52.6 Å². The van der Waals surface area contributed by atoms with Gasteiger partial charge in [-0.3, -0.25) is 9.69 Å². The molecule has 0 radical (unpaired) electrons. The van der Waals surface area contributed by atoms with E-state index in [2.05, 4.69) is 19.2 Å². The summed E-state index contributed by atoms with van der Waals surface area (Å²) >= 11 is 0. The van der Waals surface area contributed by atoms with E-state index in [-0.39, 0.29) is 11.8 Å². The number of nitrogens with one attached hydrogen (secondary N) is 1. The number of carbonyl (C=O) groups is 1. The molecule has 1 amide bonds. The lowest BCUT2D eigenvalue weighted by molar-refractivity contribution is -0.135. The number of rotatable bonds is 7. The number of aliphatic hydroxyl groups excluding tert-OH is 1. The van der Waals surface area contributed by atoms with Gasteiger partial charge in [-0.15, -0.1) is 0 Å². The van der Waals surface area contributed by atoms with Crippen molar-refractivity contribution in [3.8, 4) is 0 Å². The van der Waals surface area contributed by atoms with Gasteiger partial charge in [-0.2, -0.15) is 0 Å². The molecule has 0 bridgehead atoms. The van der Waals surface area contributed by atoms with Gasteiger partial charge in [0, 0.05) is 7.05 Å². The van der Waals surface area contributed by atoms with Crippen molar-refractivity contribution in [2.75, 3.05) is 20.1 Å². The lowest BCUT2D eigenvalue weighted by Crippen LogP contribution is -2.46. The Balaban J connectivity index is 4.66. The summed E-state index contributed by atoms with van der Waals surface area (Å²) in [5.74, 6) is -0.0227. The molecule has 0 aliphatic rings. The summed E-state index contributed by atoms with van der Waals surface area (Å²) in [6.07, 6.45) is 0.0227. The molecular weight excluding hydrogens is 204 g/mol. The Bertz CT molecular complexity index is 203. The minimum absolute atomic E-state index is 0.0758. The molecule has 2 N–H and O–H groups in total. The van der Waals surface area contributed by atoms with E-state index in [1.807, 2.05) is 18.7 Å². The largest absolute Gasteiger partial charge is 0.378 e. The molecule has 2 unspecified atom stereocenters. The zero-order chi connectivity index (χ0) is 12.7. The molecule has 4 nitrogen and oxygen atoms in total. The fourth-order valence-electron chi connectivity index (χ4n) is 1.91. The number of amides is 1. The quantitative estimate of drug-likeness (QED) is 0.643. The average molecular weight is 230 g/mol. The molecule has 0 aromatic heterocycles. The summed E-state index contributed by atoms with van der Waals surface area (Å²) in [5, 5.41) is 12.8. The Hall–Kier alpha value is -0.610. The SMILES string of the molecule is CCN(CC)C(O)C(CC(C)C)C(=O)NC. The van der Waals surface area contributed by atoms with Crippen LogP contribution in [0.1, 0.15) is 34.1 Å². The Labute approximate surface area is 99.0 Å². The second kappa shape index (κ2) is 7.63. The Morgan fingerprint density at radius 3 is 2.12 bits per heavy atom. The van der Waals surface area contributed by atoms with Gasteiger partial charge in [0.1, 0.15) is 6.23 Å². The second-order valence-corrected chi connectivity index (χ2v) is 4.49. The van der Waals surface area contributed by atoms with Crippen LogP contribution in [-0.2, 0) is 4.79 Å². The van der Waals surface area contributed by atoms with Gasteiger partial charge in [-0.05, 0) is 25.4 Å². The molecule has 0 saturated carbocycles. The summed E-state index contributed by atoms with van der Waals surface area (Å²) in [7, 11) is 1.62. The van der Waals surface area contributed by atoms with Crippen LogP contribution < -0.4 is 5.32 Å². The van der Waals surface area contributed by atoms with E-state index in [9.17, 15) is 9.90 Å². The predicted octanol–water partition coefficient (Wildman–Crippen LogP) is 1.05. The van der Waals surface area contributed by atoms with Crippen molar-refractivity contribution in [1.29, 1.82) is 0 Å². The van der Waals surface area contributed by atoms with Crippen LogP contribution >= 0.6 is 0 Å². The van der Waals surface area contributed by atoms with Crippen LogP contribution in [0.4, 0.5) is 0 Å². The van der Waals surface area contributed by atoms with Crippen molar-refractivity contribution in [3.63, 3.8) is 0 Å². The molecule has 0 saturated heterocycles. The third-order valence-electron chi connectivity index (χ3n) is 2.85. The van der Waals surface area contributed by atoms with Crippen LogP contribution in [0.5, 0.6) is 0 Å². The van der Waals surface area contributed by atoms with Crippen molar-refractivity contribution >= 4 is 5.91 Å². The Kier molecular flexibility index (Phi) is 7.34. The third-order valence-corrected chi connectivity index (χ3v) is 2.85. The molecule has 0 spiro atoms. The molecule has 96 valence electrons. The molecule has 4 heteroatoms. The molecule has 0 aromatic carbocycles. The zero-order valence-corrected chi connectivity index (χ0v) is 11.2. The average Bonchev–Trinajstić information content (AvgIpc) is 2.26. The van der Waals surface area contributed by atoms with Crippen molar-refractivity contribution in [2.45, 2.75) is 40.3 Å². The van der Waals surface area contributed by atoms with Crippen LogP contribution in [0.2, 0.25) is 0 Å². The standard InChI is InChI=1S/C12H26N2O2/c1-6-14(7-2)12(16)10(8-9(3)4)11(15)13-5/h9-10,12,16H,6-8H2,1-5H3,(H,13,15). The third kappa shape index (κ3) is 4.49. The van der Waals surface area contributed by atoms with E-state index in [0.29, 0.717) is 12.3 Å². The van der Waals surface area contributed by atoms with E-state index in [1.54, 1.807) is 7.05 Å². The highest BCUT2D eigenvalue weighted by atomic mass is 16.3. The number of aliphatic hydroxyl groups is 1. The summed E-state index contributed by atoms with van der Waals surface area (Å²) in [5.41, 5.74) is 0. The maximum absolute atomic E-state index is 11.7. The van der Waals surface area contributed by atoms with Crippen molar-refractivity contribution < 1.29 is 9.90 Å². The molecule has 16 heavy (non-hydrogen) atoms. The minimum atomic E-state index is -0.683. The summed E-state index contributed by atoms with van der Waals surface area (Å²) < 4.78 is 0. The maximum atomic E-state index is 11.7. The van der Waals surface area contributed by atoms with Gasteiger partial charge in [-0.25, -0.2) is 0 Å². The van der Waals surface area contributed by atoms with Crippen LogP contribution in [0.15, 0.2) is 0 Å². The van der Waals surface area contributed by atoms with Gasteiger partial charge in [0.2, 0.25) is 5.91 Å². The summed E-state index contributed by atoms with van der Waals surface area (Å²) in [4.78, 5) is 13.6. The molecule has 0 aliphatic carbocycles. The van der Waals surface area contributed by atoms with E-state index in [1.165, 1.54) is 0 Å². The second-order valence-electron chi connectivity index (χ2n) is 4.49. The number of nitrogens with zero attached hydrogens (tertiary/aromatic N) is 1. The Morgan fingerprint density at radius 1 is 1.31 bits per heavy atom. The van der Waals surface area contributed by atoms with Gasteiger partial charge in [0.15, 0.2) is 0 Å². The summed E-state index contributed by atoms with van der Waals surface area (Å²) in [6, 6.07) is 0. The lowest BCUT2D eigenvalue weighted by atomic mass is 9.94. The lowest BCUT2D eigenvalue weighted by Gasteiger charge is -2.31. The van der Waals surface area contributed by atoms with Gasteiger partial charge in [-0.1, -0.05) is 27.7 Å². The zero-order valence-electron chi connectivity index (χ0n) is 11.2. The molecule has 0 aliphatic heterocycles. The maximum Gasteiger partial charge on any atom is 0.226 e. The molecular formula is C12H26N2O2. The van der Waals surface area contributed by atoms with Crippen LogP contribution in [0.3, 0.4) is 0 Å². The minimum Gasteiger partial charge on any atom is -0.378 e. The molecule has 2 atom stereocenters. The van der Waals surface area contributed by atoms with E-state index in [4.69, 9.17) is 0 Å². The predicted molar refractivity (Wildman–Crippen MR) is 65.9 cm³/mol. The van der Waals surface area contributed by atoms with Crippen molar-refractivity contribution in [1.82, 2.24) is 10.2 Å². The number of carbonyl (C=O) groups excluding carboxylic acids is 1. The highest BCUT2D eigenvalue weighted by Gasteiger charge is 2.29. The monoisotopic (exact) mass is 230 g/mol. The fraction of sp³-hybridized carbons (Fsp3) is 0.917. The highest BCUT2D eigenvalue weighted by Crippen LogP contribution is 2.18. The summed E-state index contributed by atoms with van der Waals surface area (Å²) in [6.45, 7) is 9.61. The first kappa shape index (κ1) is 15.4. The van der Waals surface area contributed by atoms with Gasteiger partial charge < -0.3 is 10.4 Å². The first-order valence-electron chi connectivity index (χ1n) is 6.11. The van der Waals surface area contributed by atoms with Crippen LogP contribution in [-0.4, -0.2) is 42.3 Å². The van der Waals surface area contributed by atoms with Crippen molar-refractivity contribution in [2.24, 2.45) is 11.8 Å². The number of hydrogen-bond acceptors (Lipinski definition) is 3. The van der Waals surface area contributed by atoms with E-state index >= 15 is 0 Å². The Morgan fingerprint density at radius 2 is 1.81 bits per heavy atom. The van der Waals surface area contributed by atoms with Crippen molar-refractivity contribution in [3.05, 3.63) is 0 Å². The van der Waals surface area contributed by atoms with Crippen LogP contribution in [0, 0.1) is 11.8 Å².